The number of nitrogens with zero attached hydrogens (tertiary/aromatic N) is 2. The number of rotatable bonds is 2. The number of hydrogen-bond donors (Lipinski definition) is 0. The fourth-order valence-corrected chi connectivity index (χ4v) is 4.92. The van der Waals surface area contributed by atoms with Crippen LogP contribution >= 0.6 is 0 Å². The van der Waals surface area contributed by atoms with Gasteiger partial charge >= 0.3 is 0 Å². The summed E-state index contributed by atoms with van der Waals surface area (Å²) >= 11 is 0. The van der Waals surface area contributed by atoms with Crippen LogP contribution in [0.1, 0.15) is 30.5 Å². The summed E-state index contributed by atoms with van der Waals surface area (Å²) in [4.78, 5) is 0. The zero-order chi connectivity index (χ0) is 19.7. The Morgan fingerprint density at radius 1 is 1.07 bits per heavy atom. The summed E-state index contributed by atoms with van der Waals surface area (Å²) in [6.07, 6.45) is 5.38. The van der Waals surface area contributed by atoms with Crippen molar-refractivity contribution < 1.29 is 8.98 Å². The van der Waals surface area contributed by atoms with Crippen molar-refractivity contribution in [3.8, 4) is 0 Å². The second kappa shape index (κ2) is 5.84. The van der Waals surface area contributed by atoms with Gasteiger partial charge in [0.05, 0.1) is 16.3 Å². The predicted molar refractivity (Wildman–Crippen MR) is 117 cm³/mol. The molecule has 3 aromatic heterocycles. The molecule has 28 heavy (non-hydrogen) atoms. The van der Waals surface area contributed by atoms with E-state index >= 15 is 0 Å². The lowest BCUT2D eigenvalue weighted by atomic mass is 9.95. The molecule has 3 heteroatoms. The van der Waals surface area contributed by atoms with Gasteiger partial charge in [0.1, 0.15) is 18.2 Å². The first kappa shape index (κ1) is 17.3. The molecule has 0 aliphatic carbocycles. The minimum absolute atomic E-state index is 0.618. The van der Waals surface area contributed by atoms with Crippen LogP contribution in [0.3, 0.4) is 0 Å². The number of aryl methyl sites for hydroxylation is 4. The minimum Gasteiger partial charge on any atom is -0.456 e. The molecule has 2 aromatic carbocycles. The van der Waals surface area contributed by atoms with Gasteiger partial charge in [0.15, 0.2) is 6.20 Å². The smallest absolute Gasteiger partial charge is 0.216 e. The fraction of sp³-hybridized carbons (Fsp3) is 0.320. The van der Waals surface area contributed by atoms with Gasteiger partial charge in [0.2, 0.25) is 5.52 Å². The molecule has 0 aliphatic heterocycles. The van der Waals surface area contributed by atoms with E-state index in [1.54, 1.807) is 0 Å². The Bertz CT molecular complexity index is 1400. The van der Waals surface area contributed by atoms with Crippen LogP contribution in [0, 0.1) is 19.8 Å². The van der Waals surface area contributed by atoms with Gasteiger partial charge in [-0.05, 0) is 49.3 Å². The molecule has 0 spiro atoms. The summed E-state index contributed by atoms with van der Waals surface area (Å²) in [6.45, 7) is 8.94. The maximum atomic E-state index is 6.63. The monoisotopic (exact) mass is 371 g/mol. The van der Waals surface area contributed by atoms with Gasteiger partial charge in [0.25, 0.3) is 0 Å². The van der Waals surface area contributed by atoms with Crippen LogP contribution in [-0.2, 0) is 20.5 Å². The van der Waals surface area contributed by atoms with E-state index in [9.17, 15) is 0 Å². The third-order valence-electron chi connectivity index (χ3n) is 6.13. The van der Waals surface area contributed by atoms with E-state index in [2.05, 4.69) is 87.6 Å². The third kappa shape index (κ3) is 2.25. The van der Waals surface area contributed by atoms with Crippen molar-refractivity contribution in [3.05, 3.63) is 53.3 Å². The molecule has 0 saturated heterocycles. The van der Waals surface area contributed by atoms with Crippen LogP contribution in [0.25, 0.3) is 43.7 Å². The van der Waals surface area contributed by atoms with Crippen molar-refractivity contribution in [2.75, 3.05) is 0 Å². The molecule has 5 aromatic rings. The minimum atomic E-state index is 0.618. The van der Waals surface area contributed by atoms with Gasteiger partial charge < -0.3 is 8.98 Å². The maximum absolute atomic E-state index is 6.63. The van der Waals surface area contributed by atoms with Crippen LogP contribution in [0.5, 0.6) is 0 Å². The molecule has 3 heterocycles. The van der Waals surface area contributed by atoms with Crippen molar-refractivity contribution in [1.82, 2.24) is 4.57 Å². The van der Waals surface area contributed by atoms with Gasteiger partial charge in [-0.3, -0.25) is 0 Å². The molecular formula is C25H27N2O+. The third-order valence-corrected chi connectivity index (χ3v) is 6.13. The Morgan fingerprint density at radius 2 is 1.86 bits per heavy atom. The SMILES string of the molecule is Cc1c2cc[n+](C)c2c(C)c2c1oc1cc(CC(C)C)cc3ccn(C)c2c31. The average molecular weight is 372 g/mol. The molecule has 0 amide bonds. The van der Waals surface area contributed by atoms with Gasteiger partial charge in [-0.15, -0.1) is 0 Å². The highest BCUT2D eigenvalue weighted by molar-refractivity contribution is 6.19. The normalized spacial score (nSPS) is 12.4. The Balaban J connectivity index is 2.06. The van der Waals surface area contributed by atoms with E-state index in [-0.39, 0.29) is 0 Å². The predicted octanol–water partition coefficient (Wildman–Crippen LogP) is 5.87. The summed E-state index contributed by atoms with van der Waals surface area (Å²) in [6, 6.07) is 9.00. The summed E-state index contributed by atoms with van der Waals surface area (Å²) in [5.41, 5.74) is 8.38. The molecule has 142 valence electrons. The lowest BCUT2D eigenvalue weighted by molar-refractivity contribution is -0.642. The number of pyridine rings is 1. The van der Waals surface area contributed by atoms with Crippen molar-refractivity contribution >= 4 is 43.7 Å². The van der Waals surface area contributed by atoms with Crippen LogP contribution in [0.2, 0.25) is 0 Å². The zero-order valence-electron chi connectivity index (χ0n) is 17.6. The largest absolute Gasteiger partial charge is 0.456 e. The first-order chi connectivity index (χ1) is 13.4. The van der Waals surface area contributed by atoms with Gasteiger partial charge in [-0.25, -0.2) is 4.57 Å². The van der Waals surface area contributed by atoms with E-state index in [0.717, 1.165) is 17.6 Å². The number of benzene rings is 2. The second-order valence-corrected chi connectivity index (χ2v) is 8.68. The first-order valence-electron chi connectivity index (χ1n) is 10.1. The fourth-order valence-electron chi connectivity index (χ4n) is 4.92. The molecule has 0 aliphatic rings. The van der Waals surface area contributed by atoms with Crippen molar-refractivity contribution in [3.63, 3.8) is 0 Å². The second-order valence-electron chi connectivity index (χ2n) is 8.68. The molecule has 5 rings (SSSR count). The molecule has 3 nitrogen and oxygen atoms in total. The number of hydrogen-bond acceptors (Lipinski definition) is 1. The highest BCUT2D eigenvalue weighted by Gasteiger charge is 2.23. The van der Waals surface area contributed by atoms with E-state index in [4.69, 9.17) is 4.42 Å². The Kier molecular flexibility index (Phi) is 3.61. The molecule has 0 N–H and O–H groups in total. The summed E-state index contributed by atoms with van der Waals surface area (Å²) in [5.74, 6) is 0.618. The highest BCUT2D eigenvalue weighted by atomic mass is 16.3. The first-order valence-corrected chi connectivity index (χ1v) is 10.1. The number of fused-ring (bicyclic) bond motifs is 3. The van der Waals surface area contributed by atoms with E-state index in [1.807, 2.05) is 0 Å². The van der Waals surface area contributed by atoms with Crippen LogP contribution in [0.15, 0.2) is 41.1 Å². The van der Waals surface area contributed by atoms with E-state index in [1.165, 1.54) is 49.3 Å². The summed E-state index contributed by atoms with van der Waals surface area (Å²) in [5, 5.41) is 4.98. The summed E-state index contributed by atoms with van der Waals surface area (Å²) < 4.78 is 11.1. The lowest BCUT2D eigenvalue weighted by Gasteiger charge is -2.17. The zero-order valence-corrected chi connectivity index (χ0v) is 17.6. The maximum Gasteiger partial charge on any atom is 0.216 e. The van der Waals surface area contributed by atoms with Gasteiger partial charge in [-0.1, -0.05) is 19.9 Å². The van der Waals surface area contributed by atoms with E-state index in [0.29, 0.717) is 5.92 Å². The van der Waals surface area contributed by atoms with Crippen LogP contribution in [0.4, 0.5) is 0 Å². The quantitative estimate of drug-likeness (QED) is 0.216. The highest BCUT2D eigenvalue weighted by Crippen LogP contribution is 2.39. The number of aromatic nitrogens is 2. The van der Waals surface area contributed by atoms with E-state index < -0.39 is 0 Å². The summed E-state index contributed by atoms with van der Waals surface area (Å²) in [7, 11) is 4.26. The standard InChI is InChI=1S/C25H27N2O/c1-14(2)11-17-12-18-7-9-27(6)24-21-16(4)23-19(8-10-26(23)5)15(3)25(21)28-20(13-17)22(18)24/h7-10,12-14H,11H2,1-6H3/q+1. The lowest BCUT2D eigenvalue weighted by Crippen LogP contribution is -2.25. The average Bonchev–Trinajstić information content (AvgIpc) is 3.03. The molecule has 0 fully saturated rings. The molecule has 0 saturated carbocycles. The Morgan fingerprint density at radius 3 is 2.61 bits per heavy atom. The van der Waals surface area contributed by atoms with Gasteiger partial charge in [0, 0.05) is 35.8 Å². The topological polar surface area (TPSA) is 21.9 Å². The van der Waals surface area contributed by atoms with Crippen LogP contribution < -0.4 is 4.57 Å². The molecular weight excluding hydrogens is 344 g/mol. The molecule has 0 unspecified atom stereocenters. The molecule has 0 radical (unpaired) electrons. The van der Waals surface area contributed by atoms with Crippen molar-refractivity contribution in [2.45, 2.75) is 34.1 Å². The molecule has 0 atom stereocenters. The van der Waals surface area contributed by atoms with Crippen LogP contribution in [-0.4, -0.2) is 4.57 Å². The van der Waals surface area contributed by atoms with Crippen molar-refractivity contribution in [2.24, 2.45) is 20.0 Å². The Hall–Kier alpha value is -2.81. The van der Waals surface area contributed by atoms with Gasteiger partial charge in [-0.2, -0.15) is 0 Å². The Labute approximate surface area is 165 Å². The van der Waals surface area contributed by atoms with Crippen molar-refractivity contribution in [1.29, 1.82) is 0 Å². The molecule has 0 bridgehead atoms.